The van der Waals surface area contributed by atoms with Crippen molar-refractivity contribution in [1.29, 1.82) is 0 Å². The number of H-pyrrole nitrogens is 1. The van der Waals surface area contributed by atoms with E-state index in [1.807, 2.05) is 0 Å². The molecule has 3 rings (SSSR count). The number of amides is 1. The van der Waals surface area contributed by atoms with E-state index in [1.165, 1.54) is 41.4 Å². The lowest BCUT2D eigenvalue weighted by Crippen LogP contribution is -2.17. The Hall–Kier alpha value is -1.87. The molecule has 0 saturated carbocycles. The minimum Gasteiger partial charge on any atom is -0.465 e. The predicted octanol–water partition coefficient (Wildman–Crippen LogP) is 2.51. The van der Waals surface area contributed by atoms with Crippen LogP contribution in [0.5, 0.6) is 0 Å². The number of carbonyl (C=O) groups excluding carboxylic acids is 2. The summed E-state index contributed by atoms with van der Waals surface area (Å²) in [7, 11) is 1.36. The van der Waals surface area contributed by atoms with Crippen molar-refractivity contribution >= 4 is 40.0 Å². The second kappa shape index (κ2) is 7.35. The van der Waals surface area contributed by atoms with Gasteiger partial charge < -0.3 is 10.1 Å². The Morgan fingerprint density at radius 3 is 3.08 bits per heavy atom. The highest BCUT2D eigenvalue weighted by molar-refractivity contribution is 7.99. The van der Waals surface area contributed by atoms with Crippen LogP contribution < -0.4 is 5.32 Å². The third-order valence-corrected chi connectivity index (χ3v) is 5.93. The number of anilines is 1. The molecule has 0 spiro atoms. The van der Waals surface area contributed by atoms with E-state index in [-0.39, 0.29) is 17.6 Å². The first kappa shape index (κ1) is 17.0. The fourth-order valence-electron chi connectivity index (χ4n) is 2.72. The Bertz CT molecular complexity index is 742. The van der Waals surface area contributed by atoms with Crippen molar-refractivity contribution in [3.05, 3.63) is 22.3 Å². The third-order valence-electron chi connectivity index (χ3n) is 3.89. The minimum atomic E-state index is -0.389. The van der Waals surface area contributed by atoms with Crippen molar-refractivity contribution in [2.24, 2.45) is 5.92 Å². The number of hydrogen-bond donors (Lipinski definition) is 2. The number of methoxy groups -OCH3 is 1. The van der Waals surface area contributed by atoms with Crippen molar-refractivity contribution in [3.63, 3.8) is 0 Å². The number of esters is 1. The number of aromatic nitrogens is 3. The largest absolute Gasteiger partial charge is 0.465 e. The van der Waals surface area contributed by atoms with Gasteiger partial charge in [-0.1, -0.05) is 18.7 Å². The summed E-state index contributed by atoms with van der Waals surface area (Å²) in [5, 5.41) is 10.5. The zero-order chi connectivity index (χ0) is 17.1. The van der Waals surface area contributed by atoms with Gasteiger partial charge in [0, 0.05) is 4.88 Å². The lowest BCUT2D eigenvalue weighted by Gasteiger charge is -2.18. The first-order valence-electron chi connectivity index (χ1n) is 7.59. The number of nitrogens with zero attached hydrogens (tertiary/aromatic N) is 2. The topological polar surface area (TPSA) is 97.0 Å². The summed E-state index contributed by atoms with van der Waals surface area (Å²) in [5.41, 5.74) is 1.55. The van der Waals surface area contributed by atoms with Crippen LogP contribution in [0.25, 0.3) is 0 Å². The number of carbonyl (C=O) groups is 2. The van der Waals surface area contributed by atoms with Gasteiger partial charge in [0.15, 0.2) is 5.16 Å². The smallest absolute Gasteiger partial charge is 0.341 e. The Morgan fingerprint density at radius 1 is 1.54 bits per heavy atom. The highest BCUT2D eigenvalue weighted by Gasteiger charge is 2.28. The second-order valence-electron chi connectivity index (χ2n) is 5.67. The van der Waals surface area contributed by atoms with Crippen molar-refractivity contribution in [1.82, 2.24) is 15.2 Å². The number of fused-ring (bicyclic) bond motifs is 1. The summed E-state index contributed by atoms with van der Waals surface area (Å²) in [4.78, 5) is 29.5. The van der Waals surface area contributed by atoms with Crippen molar-refractivity contribution < 1.29 is 14.3 Å². The average Bonchev–Trinajstić information content (AvgIpc) is 3.19. The number of rotatable bonds is 5. The first-order valence-corrected chi connectivity index (χ1v) is 9.39. The number of thioether (sulfide) groups is 1. The van der Waals surface area contributed by atoms with Crippen LogP contribution in [0, 0.1) is 5.92 Å². The fraction of sp³-hybridized carbons (Fsp3) is 0.467. The second-order valence-corrected chi connectivity index (χ2v) is 7.74. The van der Waals surface area contributed by atoms with Gasteiger partial charge >= 0.3 is 5.97 Å². The van der Waals surface area contributed by atoms with Gasteiger partial charge in [-0.25, -0.2) is 9.78 Å². The molecule has 2 aromatic heterocycles. The lowest BCUT2D eigenvalue weighted by molar-refractivity contribution is -0.113. The van der Waals surface area contributed by atoms with Crippen LogP contribution in [-0.4, -0.2) is 39.9 Å². The number of aromatic amines is 1. The molecule has 2 aromatic rings. The molecule has 0 aromatic carbocycles. The van der Waals surface area contributed by atoms with Gasteiger partial charge in [-0.05, 0) is 30.7 Å². The monoisotopic (exact) mass is 366 g/mol. The summed E-state index contributed by atoms with van der Waals surface area (Å²) >= 11 is 2.74. The van der Waals surface area contributed by atoms with Gasteiger partial charge in [0.25, 0.3) is 0 Å². The molecule has 0 bridgehead atoms. The molecule has 9 heteroatoms. The summed E-state index contributed by atoms with van der Waals surface area (Å²) in [5.74, 6) is 0.204. The van der Waals surface area contributed by atoms with E-state index < -0.39 is 0 Å². The zero-order valence-electron chi connectivity index (χ0n) is 13.4. The summed E-state index contributed by atoms with van der Waals surface area (Å²) < 4.78 is 4.92. The molecule has 1 unspecified atom stereocenters. The average molecular weight is 366 g/mol. The molecule has 7 nitrogen and oxygen atoms in total. The quantitative estimate of drug-likeness (QED) is 0.623. The van der Waals surface area contributed by atoms with Crippen molar-refractivity contribution in [2.45, 2.75) is 31.3 Å². The molecule has 0 radical (unpaired) electrons. The molecule has 24 heavy (non-hydrogen) atoms. The summed E-state index contributed by atoms with van der Waals surface area (Å²) in [6.07, 6.45) is 4.22. The van der Waals surface area contributed by atoms with Crippen molar-refractivity contribution in [2.75, 3.05) is 18.2 Å². The maximum atomic E-state index is 12.2. The molecule has 0 fully saturated rings. The molecular weight excluding hydrogens is 348 g/mol. The van der Waals surface area contributed by atoms with Gasteiger partial charge in [-0.2, -0.15) is 5.10 Å². The molecule has 0 aliphatic heterocycles. The van der Waals surface area contributed by atoms with E-state index in [0.717, 1.165) is 24.8 Å². The number of nitrogens with one attached hydrogen (secondary N) is 2. The van der Waals surface area contributed by atoms with Gasteiger partial charge in [0.1, 0.15) is 11.3 Å². The SMILES string of the molecule is COC(=O)c1c(NC(=O)CSc2ncn[nH]2)sc2c1CCC(C)C2. The van der Waals surface area contributed by atoms with Gasteiger partial charge in [-0.15, -0.1) is 11.3 Å². The Morgan fingerprint density at radius 2 is 2.38 bits per heavy atom. The van der Waals surface area contributed by atoms with Crippen molar-refractivity contribution in [3.8, 4) is 0 Å². The maximum Gasteiger partial charge on any atom is 0.341 e. The van der Waals surface area contributed by atoms with E-state index >= 15 is 0 Å². The Balaban J connectivity index is 1.76. The van der Waals surface area contributed by atoms with Crippen LogP contribution in [0.4, 0.5) is 5.00 Å². The van der Waals surface area contributed by atoms with Crippen LogP contribution in [0.2, 0.25) is 0 Å². The van der Waals surface area contributed by atoms with Gasteiger partial charge in [-0.3, -0.25) is 9.89 Å². The van der Waals surface area contributed by atoms with Gasteiger partial charge in [0.2, 0.25) is 5.91 Å². The van der Waals surface area contributed by atoms with E-state index in [4.69, 9.17) is 4.74 Å². The Labute approximate surface area is 147 Å². The maximum absolute atomic E-state index is 12.2. The van der Waals surface area contributed by atoms with Crippen LogP contribution in [-0.2, 0) is 22.4 Å². The van der Waals surface area contributed by atoms with Crippen LogP contribution in [0.15, 0.2) is 11.5 Å². The molecule has 1 aliphatic carbocycles. The summed E-state index contributed by atoms with van der Waals surface area (Å²) in [6, 6.07) is 0. The van der Waals surface area contributed by atoms with E-state index in [0.29, 0.717) is 21.6 Å². The molecule has 1 aliphatic rings. The summed E-state index contributed by atoms with van der Waals surface area (Å²) in [6.45, 7) is 2.20. The number of hydrogen-bond acceptors (Lipinski definition) is 7. The molecule has 2 N–H and O–H groups in total. The highest BCUT2D eigenvalue weighted by Crippen LogP contribution is 2.40. The molecule has 0 saturated heterocycles. The predicted molar refractivity (Wildman–Crippen MR) is 92.6 cm³/mol. The van der Waals surface area contributed by atoms with Gasteiger partial charge in [0.05, 0.1) is 18.4 Å². The van der Waals surface area contributed by atoms with Crippen LogP contribution in [0.1, 0.15) is 34.1 Å². The molecule has 128 valence electrons. The molecule has 1 amide bonds. The van der Waals surface area contributed by atoms with E-state index in [9.17, 15) is 9.59 Å². The normalized spacial score (nSPS) is 16.5. The zero-order valence-corrected chi connectivity index (χ0v) is 15.1. The number of ether oxygens (including phenoxy) is 1. The lowest BCUT2D eigenvalue weighted by atomic mass is 9.88. The first-order chi connectivity index (χ1) is 11.6. The standard InChI is InChI=1S/C15H18N4O3S2/c1-8-3-4-9-10(5-8)24-13(12(9)14(21)22-2)18-11(20)6-23-15-16-7-17-19-15/h7-8H,3-6H2,1-2H3,(H,18,20)(H,16,17,19). The van der Waals surface area contributed by atoms with Crippen LogP contribution in [0.3, 0.4) is 0 Å². The Kier molecular flexibility index (Phi) is 5.20. The molecule has 2 heterocycles. The van der Waals surface area contributed by atoms with E-state index in [2.05, 4.69) is 27.4 Å². The molecular formula is C15H18N4O3S2. The van der Waals surface area contributed by atoms with Crippen LogP contribution >= 0.6 is 23.1 Å². The number of thiophene rings is 1. The molecule has 1 atom stereocenters. The minimum absolute atomic E-state index is 0.187. The third kappa shape index (κ3) is 3.62. The fourth-order valence-corrected chi connectivity index (χ4v) is 4.71. The highest BCUT2D eigenvalue weighted by atomic mass is 32.2. The van der Waals surface area contributed by atoms with E-state index in [1.54, 1.807) is 0 Å².